The highest BCUT2D eigenvalue weighted by Gasteiger charge is 2.28. The van der Waals surface area contributed by atoms with Crippen LogP contribution in [0, 0.1) is 0 Å². The van der Waals surface area contributed by atoms with E-state index in [0.717, 1.165) is 30.8 Å². The van der Waals surface area contributed by atoms with Gasteiger partial charge in [0.1, 0.15) is 4.21 Å². The summed E-state index contributed by atoms with van der Waals surface area (Å²) in [6, 6.07) is 11.4. The van der Waals surface area contributed by atoms with Crippen molar-refractivity contribution >= 4 is 27.3 Å². The molecule has 1 aromatic heterocycles. The van der Waals surface area contributed by atoms with Crippen LogP contribution in [0.1, 0.15) is 22.3 Å². The summed E-state index contributed by atoms with van der Waals surface area (Å²) in [5, 5.41) is 10.4. The highest BCUT2D eigenvalue weighted by molar-refractivity contribution is 7.91. The van der Waals surface area contributed by atoms with Gasteiger partial charge in [-0.05, 0) is 24.6 Å². The van der Waals surface area contributed by atoms with Gasteiger partial charge < -0.3 is 5.11 Å². The first-order valence-electron chi connectivity index (χ1n) is 8.05. The molecule has 0 radical (unpaired) electrons. The van der Waals surface area contributed by atoms with Crippen molar-refractivity contribution in [3.8, 4) is 0 Å². The number of carboxylic acid groups (broad SMARTS) is 1. The topological polar surface area (TPSA) is 77.9 Å². The third-order valence-corrected chi connectivity index (χ3v) is 7.53. The van der Waals surface area contributed by atoms with Crippen molar-refractivity contribution in [2.75, 3.05) is 26.2 Å². The fourth-order valence-corrected chi connectivity index (χ4v) is 5.65. The molecule has 0 bridgehead atoms. The predicted octanol–water partition coefficient (Wildman–Crippen LogP) is 2.34. The molecule has 6 nitrogen and oxygen atoms in total. The SMILES string of the molecule is O=C(O)c1csc(S(=O)(=O)N2CCCN(Cc3ccccc3)CC2)c1. The van der Waals surface area contributed by atoms with E-state index in [1.54, 1.807) is 0 Å². The molecule has 8 heteroatoms. The van der Waals surface area contributed by atoms with Gasteiger partial charge in [0.05, 0.1) is 5.56 Å². The van der Waals surface area contributed by atoms with Crippen LogP contribution in [-0.4, -0.2) is 54.9 Å². The molecule has 1 aliphatic heterocycles. The molecule has 2 heterocycles. The van der Waals surface area contributed by atoms with Crippen molar-refractivity contribution < 1.29 is 18.3 Å². The summed E-state index contributed by atoms with van der Waals surface area (Å²) in [5.74, 6) is -1.11. The summed E-state index contributed by atoms with van der Waals surface area (Å²) in [4.78, 5) is 13.2. The molecule has 25 heavy (non-hydrogen) atoms. The van der Waals surface area contributed by atoms with Crippen LogP contribution in [0.25, 0.3) is 0 Å². The Labute approximate surface area is 151 Å². The second-order valence-corrected chi connectivity index (χ2v) is 9.05. The monoisotopic (exact) mass is 380 g/mol. The Hall–Kier alpha value is -1.74. The van der Waals surface area contributed by atoms with Gasteiger partial charge in [0.2, 0.25) is 0 Å². The average molecular weight is 380 g/mol. The Morgan fingerprint density at radius 3 is 2.56 bits per heavy atom. The molecule has 0 atom stereocenters. The van der Waals surface area contributed by atoms with Crippen molar-refractivity contribution in [3.63, 3.8) is 0 Å². The lowest BCUT2D eigenvalue weighted by atomic mass is 10.2. The van der Waals surface area contributed by atoms with E-state index in [9.17, 15) is 13.2 Å². The van der Waals surface area contributed by atoms with Crippen LogP contribution in [0.2, 0.25) is 0 Å². The minimum atomic E-state index is -3.63. The first-order chi connectivity index (χ1) is 12.0. The van der Waals surface area contributed by atoms with E-state index in [1.807, 2.05) is 18.2 Å². The van der Waals surface area contributed by atoms with E-state index in [1.165, 1.54) is 21.3 Å². The predicted molar refractivity (Wildman–Crippen MR) is 96.4 cm³/mol. The fraction of sp³-hybridized carbons (Fsp3) is 0.353. The number of benzene rings is 1. The average Bonchev–Trinajstić information content (AvgIpc) is 2.98. The maximum Gasteiger partial charge on any atom is 0.336 e. The molecule has 134 valence electrons. The second-order valence-electron chi connectivity index (χ2n) is 5.98. The summed E-state index contributed by atoms with van der Waals surface area (Å²) < 4.78 is 27.1. The quantitative estimate of drug-likeness (QED) is 0.861. The number of sulfonamides is 1. The highest BCUT2D eigenvalue weighted by Crippen LogP contribution is 2.25. The number of hydrogen-bond acceptors (Lipinski definition) is 5. The number of carbonyl (C=O) groups is 1. The Morgan fingerprint density at radius 2 is 1.88 bits per heavy atom. The molecular weight excluding hydrogens is 360 g/mol. The molecule has 3 rings (SSSR count). The van der Waals surface area contributed by atoms with Crippen LogP contribution in [0.5, 0.6) is 0 Å². The van der Waals surface area contributed by atoms with Gasteiger partial charge in [-0.1, -0.05) is 30.3 Å². The van der Waals surface area contributed by atoms with E-state index in [4.69, 9.17) is 5.11 Å². The lowest BCUT2D eigenvalue weighted by molar-refractivity contribution is 0.0697. The molecule has 1 saturated heterocycles. The van der Waals surface area contributed by atoms with Crippen LogP contribution in [-0.2, 0) is 16.6 Å². The van der Waals surface area contributed by atoms with Crippen molar-refractivity contribution in [1.29, 1.82) is 0 Å². The Balaban J connectivity index is 1.68. The lowest BCUT2D eigenvalue weighted by Gasteiger charge is -2.21. The first-order valence-corrected chi connectivity index (χ1v) is 10.4. The zero-order chi connectivity index (χ0) is 17.9. The molecule has 2 aromatic rings. The Kier molecular flexibility index (Phi) is 5.53. The Bertz CT molecular complexity index is 833. The van der Waals surface area contributed by atoms with Gasteiger partial charge in [0.15, 0.2) is 0 Å². The van der Waals surface area contributed by atoms with Gasteiger partial charge in [-0.2, -0.15) is 4.31 Å². The molecule has 0 aliphatic carbocycles. The van der Waals surface area contributed by atoms with Crippen molar-refractivity contribution in [2.45, 2.75) is 17.2 Å². The largest absolute Gasteiger partial charge is 0.478 e. The third kappa shape index (κ3) is 4.27. The zero-order valence-electron chi connectivity index (χ0n) is 13.7. The van der Waals surface area contributed by atoms with Gasteiger partial charge in [-0.25, -0.2) is 13.2 Å². The van der Waals surface area contributed by atoms with Crippen molar-refractivity contribution in [2.24, 2.45) is 0 Å². The maximum atomic E-state index is 12.8. The van der Waals surface area contributed by atoms with Gasteiger partial charge in [-0.3, -0.25) is 4.90 Å². The highest BCUT2D eigenvalue weighted by atomic mass is 32.2. The van der Waals surface area contributed by atoms with Gasteiger partial charge in [-0.15, -0.1) is 11.3 Å². The van der Waals surface area contributed by atoms with Crippen LogP contribution < -0.4 is 0 Å². The molecular formula is C17H20N2O4S2. The van der Waals surface area contributed by atoms with E-state index in [2.05, 4.69) is 17.0 Å². The fourth-order valence-electron chi connectivity index (χ4n) is 2.88. The first kappa shape index (κ1) is 18.1. The lowest BCUT2D eigenvalue weighted by Crippen LogP contribution is -2.34. The molecule has 1 aliphatic rings. The van der Waals surface area contributed by atoms with Gasteiger partial charge in [0, 0.05) is 31.6 Å². The normalized spacial score (nSPS) is 17.3. The number of carboxylic acids is 1. The summed E-state index contributed by atoms with van der Waals surface area (Å²) in [7, 11) is -3.63. The standard InChI is InChI=1S/C17H20N2O4S2/c20-17(21)15-11-16(24-13-15)25(22,23)19-8-4-7-18(9-10-19)12-14-5-2-1-3-6-14/h1-3,5-6,11,13H,4,7-10,12H2,(H,20,21). The summed E-state index contributed by atoms with van der Waals surface area (Å²) >= 11 is 0.965. The number of aromatic carboxylic acids is 1. The smallest absolute Gasteiger partial charge is 0.336 e. The van der Waals surface area contributed by atoms with Gasteiger partial charge >= 0.3 is 5.97 Å². The molecule has 0 saturated carbocycles. The number of hydrogen-bond donors (Lipinski definition) is 1. The zero-order valence-corrected chi connectivity index (χ0v) is 15.3. The van der Waals surface area contributed by atoms with Crippen LogP contribution >= 0.6 is 11.3 Å². The Morgan fingerprint density at radius 1 is 1.12 bits per heavy atom. The van der Waals surface area contributed by atoms with Crippen LogP contribution in [0.15, 0.2) is 46.0 Å². The van der Waals surface area contributed by atoms with Crippen molar-refractivity contribution in [3.05, 3.63) is 52.9 Å². The van der Waals surface area contributed by atoms with Gasteiger partial charge in [0.25, 0.3) is 10.0 Å². The minimum Gasteiger partial charge on any atom is -0.478 e. The van der Waals surface area contributed by atoms with Crippen molar-refractivity contribution in [1.82, 2.24) is 9.21 Å². The molecule has 0 amide bonds. The number of nitrogens with zero attached hydrogens (tertiary/aromatic N) is 2. The van der Waals surface area contributed by atoms with Crippen LogP contribution in [0.4, 0.5) is 0 Å². The molecule has 1 fully saturated rings. The van der Waals surface area contributed by atoms with E-state index < -0.39 is 16.0 Å². The van der Waals surface area contributed by atoms with E-state index in [-0.39, 0.29) is 9.77 Å². The minimum absolute atomic E-state index is 0.0177. The molecule has 1 aromatic carbocycles. The van der Waals surface area contributed by atoms with E-state index >= 15 is 0 Å². The summed E-state index contributed by atoms with van der Waals surface area (Å²) in [6.45, 7) is 3.16. The number of thiophene rings is 1. The van der Waals surface area contributed by atoms with E-state index in [0.29, 0.717) is 19.6 Å². The second kappa shape index (κ2) is 7.65. The van der Waals surface area contributed by atoms with Crippen LogP contribution in [0.3, 0.4) is 0 Å². The molecule has 0 spiro atoms. The molecule has 1 N–H and O–H groups in total. The third-order valence-electron chi connectivity index (χ3n) is 4.21. The summed E-state index contributed by atoms with van der Waals surface area (Å²) in [5.41, 5.74) is 1.23. The molecule has 0 unspecified atom stereocenters. The maximum absolute atomic E-state index is 12.8. The summed E-state index contributed by atoms with van der Waals surface area (Å²) in [6.07, 6.45) is 0.753. The number of rotatable bonds is 5.